The molecule has 11 heteroatoms. The number of rotatable bonds is 4. The summed E-state index contributed by atoms with van der Waals surface area (Å²) in [5.41, 5.74) is 0.404. The van der Waals surface area contributed by atoms with Crippen molar-refractivity contribution in [1.82, 2.24) is 15.0 Å². The van der Waals surface area contributed by atoms with E-state index in [2.05, 4.69) is 32.7 Å². The molecule has 7 nitrogen and oxygen atoms in total. The SMILES string of the molecule is O=S1(=O)CCN(c2c(F)cc(-n3cc(CN=C=S)nn3)cc2F)CC1. The summed E-state index contributed by atoms with van der Waals surface area (Å²) in [5, 5.41) is 9.83. The molecule has 1 aliphatic rings. The Morgan fingerprint density at radius 3 is 2.48 bits per heavy atom. The van der Waals surface area contributed by atoms with E-state index in [0.717, 1.165) is 12.1 Å². The number of isothiocyanates is 1. The molecule has 2 heterocycles. The first-order chi connectivity index (χ1) is 11.9. The second kappa shape index (κ2) is 6.95. The molecule has 1 fully saturated rings. The number of nitrogens with zero attached hydrogens (tertiary/aromatic N) is 5. The Labute approximate surface area is 147 Å². The number of anilines is 1. The van der Waals surface area contributed by atoms with Gasteiger partial charge in [0.05, 0.1) is 35.1 Å². The minimum atomic E-state index is -3.14. The highest BCUT2D eigenvalue weighted by atomic mass is 32.2. The Hall–Kier alpha value is -2.23. The first-order valence-corrected chi connectivity index (χ1v) is 9.52. The Morgan fingerprint density at radius 2 is 1.88 bits per heavy atom. The summed E-state index contributed by atoms with van der Waals surface area (Å²) >= 11 is 4.46. The molecule has 0 saturated carbocycles. The van der Waals surface area contributed by atoms with E-state index in [1.807, 2.05) is 0 Å². The van der Waals surface area contributed by atoms with Crippen molar-refractivity contribution >= 4 is 32.9 Å². The zero-order valence-corrected chi connectivity index (χ0v) is 14.5. The van der Waals surface area contributed by atoms with E-state index < -0.39 is 21.5 Å². The quantitative estimate of drug-likeness (QED) is 0.584. The van der Waals surface area contributed by atoms with Crippen molar-refractivity contribution < 1.29 is 17.2 Å². The van der Waals surface area contributed by atoms with E-state index in [4.69, 9.17) is 0 Å². The Kier molecular flexibility index (Phi) is 4.89. The lowest BCUT2D eigenvalue weighted by Gasteiger charge is -2.29. The van der Waals surface area contributed by atoms with Crippen molar-refractivity contribution in [3.05, 3.63) is 35.7 Å². The van der Waals surface area contributed by atoms with Crippen molar-refractivity contribution in [1.29, 1.82) is 0 Å². The first-order valence-electron chi connectivity index (χ1n) is 7.29. The van der Waals surface area contributed by atoms with Crippen LogP contribution in [-0.2, 0) is 16.4 Å². The fraction of sp³-hybridized carbons (Fsp3) is 0.357. The van der Waals surface area contributed by atoms with Crippen molar-refractivity contribution in [3.63, 3.8) is 0 Å². The number of benzene rings is 1. The third-order valence-electron chi connectivity index (χ3n) is 3.77. The van der Waals surface area contributed by atoms with E-state index in [1.54, 1.807) is 0 Å². The zero-order chi connectivity index (χ0) is 18.0. The molecule has 0 amide bonds. The molecule has 0 aliphatic carbocycles. The van der Waals surface area contributed by atoms with E-state index in [-0.39, 0.29) is 42.5 Å². The van der Waals surface area contributed by atoms with Crippen LogP contribution in [0.1, 0.15) is 5.69 Å². The third-order valence-corrected chi connectivity index (χ3v) is 5.51. The Balaban J connectivity index is 1.87. The summed E-state index contributed by atoms with van der Waals surface area (Å²) in [4.78, 5) is 5.12. The van der Waals surface area contributed by atoms with Crippen LogP contribution < -0.4 is 4.90 Å². The average molecular weight is 385 g/mol. The van der Waals surface area contributed by atoms with Gasteiger partial charge >= 0.3 is 0 Å². The minimum absolute atomic E-state index is 0.0541. The third kappa shape index (κ3) is 3.89. The lowest BCUT2D eigenvalue weighted by Crippen LogP contribution is -2.41. The summed E-state index contributed by atoms with van der Waals surface area (Å²) in [6.07, 6.45) is 1.48. The molecule has 0 N–H and O–H groups in total. The van der Waals surface area contributed by atoms with Gasteiger partial charge < -0.3 is 4.90 Å². The van der Waals surface area contributed by atoms with E-state index in [9.17, 15) is 17.2 Å². The molecule has 132 valence electrons. The number of hydrogen-bond acceptors (Lipinski definition) is 7. The number of aromatic nitrogens is 3. The van der Waals surface area contributed by atoms with Gasteiger partial charge in [0.15, 0.2) is 21.5 Å². The normalized spacial score (nSPS) is 16.5. The van der Waals surface area contributed by atoms with Crippen LogP contribution in [0.15, 0.2) is 23.3 Å². The number of sulfone groups is 1. The molecule has 1 saturated heterocycles. The molecule has 2 aromatic rings. The van der Waals surface area contributed by atoms with Crippen LogP contribution in [0.5, 0.6) is 0 Å². The monoisotopic (exact) mass is 385 g/mol. The van der Waals surface area contributed by atoms with Gasteiger partial charge in [0.25, 0.3) is 0 Å². The van der Waals surface area contributed by atoms with Crippen molar-refractivity contribution in [2.45, 2.75) is 6.54 Å². The highest BCUT2D eigenvalue weighted by Gasteiger charge is 2.26. The predicted molar refractivity (Wildman–Crippen MR) is 90.9 cm³/mol. The van der Waals surface area contributed by atoms with Crippen molar-refractivity contribution in [2.75, 3.05) is 29.5 Å². The van der Waals surface area contributed by atoms with Crippen LogP contribution in [0.25, 0.3) is 5.69 Å². The Morgan fingerprint density at radius 1 is 1.24 bits per heavy atom. The maximum absolute atomic E-state index is 14.4. The lowest BCUT2D eigenvalue weighted by molar-refractivity contribution is 0.559. The Bertz CT molecular complexity index is 917. The topological polar surface area (TPSA) is 80.5 Å². The average Bonchev–Trinajstić information content (AvgIpc) is 3.02. The molecule has 1 aromatic heterocycles. The van der Waals surface area contributed by atoms with Gasteiger partial charge in [-0.05, 0) is 12.2 Å². The molecular weight excluding hydrogens is 372 g/mol. The summed E-state index contributed by atoms with van der Waals surface area (Å²) in [6.45, 7) is 0.284. The van der Waals surface area contributed by atoms with Crippen molar-refractivity contribution in [3.8, 4) is 5.69 Å². The van der Waals surface area contributed by atoms with Gasteiger partial charge in [-0.15, -0.1) is 5.10 Å². The zero-order valence-electron chi connectivity index (χ0n) is 12.9. The van der Waals surface area contributed by atoms with Gasteiger partial charge in [0.2, 0.25) is 0 Å². The maximum atomic E-state index is 14.4. The number of hydrogen-bond donors (Lipinski definition) is 0. The first kappa shape index (κ1) is 17.6. The molecule has 0 atom stereocenters. The number of halogens is 2. The molecule has 3 rings (SSSR count). The molecule has 0 spiro atoms. The summed E-state index contributed by atoms with van der Waals surface area (Å²) in [7, 11) is -3.14. The van der Waals surface area contributed by atoms with Crippen molar-refractivity contribution in [2.24, 2.45) is 4.99 Å². The van der Waals surface area contributed by atoms with Crippen LogP contribution in [0.4, 0.5) is 14.5 Å². The van der Waals surface area contributed by atoms with Gasteiger partial charge in [-0.2, -0.15) is 0 Å². The smallest absolute Gasteiger partial charge is 0.153 e. The van der Waals surface area contributed by atoms with Gasteiger partial charge in [0, 0.05) is 25.2 Å². The standard InChI is InChI=1S/C14H13F2N5O2S2/c15-12-5-11(21-8-10(18-19-21)7-17-9-24)6-13(16)14(12)20-1-3-25(22,23)4-2-20/h5-6,8H,1-4,7H2. The van der Waals surface area contributed by atoms with E-state index in [1.165, 1.54) is 15.8 Å². The van der Waals surface area contributed by atoms with Crippen LogP contribution in [0.2, 0.25) is 0 Å². The largest absolute Gasteiger partial charge is 0.365 e. The molecule has 1 aromatic carbocycles. The van der Waals surface area contributed by atoms with Gasteiger partial charge in [0.1, 0.15) is 11.4 Å². The summed E-state index contributed by atoms with van der Waals surface area (Å²) in [5.74, 6) is -1.83. The van der Waals surface area contributed by atoms with E-state index >= 15 is 0 Å². The highest BCUT2D eigenvalue weighted by molar-refractivity contribution is 7.91. The molecule has 0 bridgehead atoms. The molecule has 1 aliphatic heterocycles. The van der Waals surface area contributed by atoms with Crippen LogP contribution >= 0.6 is 12.2 Å². The number of thiocarbonyl (C=S) groups is 1. The minimum Gasteiger partial charge on any atom is -0.365 e. The second-order valence-electron chi connectivity index (χ2n) is 5.46. The number of aliphatic imine (C=N–C) groups is 1. The predicted octanol–water partition coefficient (Wildman–Crippen LogP) is 1.38. The fourth-order valence-electron chi connectivity index (χ4n) is 2.53. The fourth-order valence-corrected chi connectivity index (χ4v) is 3.80. The molecule has 25 heavy (non-hydrogen) atoms. The van der Waals surface area contributed by atoms with E-state index in [0.29, 0.717) is 5.69 Å². The second-order valence-corrected chi connectivity index (χ2v) is 7.95. The highest BCUT2D eigenvalue weighted by Crippen LogP contribution is 2.27. The molecular formula is C14H13F2N5O2S2. The van der Waals surface area contributed by atoms with Gasteiger partial charge in [-0.1, -0.05) is 5.21 Å². The van der Waals surface area contributed by atoms with Gasteiger partial charge in [-0.25, -0.2) is 26.9 Å². The van der Waals surface area contributed by atoms with Crippen LogP contribution in [0, 0.1) is 11.6 Å². The lowest BCUT2D eigenvalue weighted by atomic mass is 10.2. The summed E-state index contributed by atoms with van der Waals surface area (Å²) < 4.78 is 53.0. The molecule has 0 radical (unpaired) electrons. The maximum Gasteiger partial charge on any atom is 0.153 e. The molecule has 0 unspecified atom stereocenters. The summed E-state index contributed by atoms with van der Waals surface area (Å²) in [6, 6.07) is 2.25. The van der Waals surface area contributed by atoms with Gasteiger partial charge in [-0.3, -0.25) is 0 Å². The van der Waals surface area contributed by atoms with Crippen LogP contribution in [0.3, 0.4) is 0 Å². The van der Waals surface area contributed by atoms with Crippen LogP contribution in [-0.4, -0.2) is 53.2 Å².